The Hall–Kier alpha value is -3.45. The van der Waals surface area contributed by atoms with E-state index in [9.17, 15) is 28.2 Å². The van der Waals surface area contributed by atoms with Gasteiger partial charge >= 0.3 is 5.97 Å². The molecular formula is C33H40F3N3O6. The maximum Gasteiger partial charge on any atom is 0.303 e. The molecule has 0 amide bonds. The summed E-state index contributed by atoms with van der Waals surface area (Å²) >= 11 is 0. The molecule has 5 rings (SSSR count). The summed E-state index contributed by atoms with van der Waals surface area (Å²) in [5.41, 5.74) is 1.96. The van der Waals surface area contributed by atoms with Crippen LogP contribution in [0.2, 0.25) is 0 Å². The van der Waals surface area contributed by atoms with Crippen LogP contribution < -0.4 is 9.47 Å². The quantitative estimate of drug-likeness (QED) is 0.254. The standard InChI is InChI=1S/C33H40F3N3O6/c1-43-23-2-3-28-25(16-23)31(22(20-37-28)21-39-10-13-44-14-11-39)29(40)4-5-33(19-30(41)42)6-8-38(9-7-33)12-15-45-24-17-26(34)32(36)27(35)18-24/h2-3,16-18,20,29,40H,4-15,19,21H2,1H3,(H,41,42)/t29-/m0/s1. The van der Waals surface area contributed by atoms with Gasteiger partial charge < -0.3 is 24.4 Å². The number of morpholine rings is 1. The molecule has 2 aliphatic rings. The van der Waals surface area contributed by atoms with Crippen LogP contribution in [0.4, 0.5) is 13.2 Å². The van der Waals surface area contributed by atoms with E-state index >= 15 is 0 Å². The molecule has 45 heavy (non-hydrogen) atoms. The minimum absolute atomic E-state index is 0.0102. The van der Waals surface area contributed by atoms with Crippen molar-refractivity contribution in [1.82, 2.24) is 14.8 Å². The summed E-state index contributed by atoms with van der Waals surface area (Å²) < 4.78 is 56.7. The molecule has 9 nitrogen and oxygen atoms in total. The summed E-state index contributed by atoms with van der Waals surface area (Å²) in [6.07, 6.45) is 3.09. The lowest BCUT2D eigenvalue weighted by Crippen LogP contribution is -2.42. The van der Waals surface area contributed by atoms with E-state index < -0.39 is 34.9 Å². The lowest BCUT2D eigenvalue weighted by Gasteiger charge is -2.41. The summed E-state index contributed by atoms with van der Waals surface area (Å²) in [4.78, 5) is 21.0. The van der Waals surface area contributed by atoms with Crippen molar-refractivity contribution in [2.75, 3.05) is 59.7 Å². The molecule has 2 aliphatic heterocycles. The van der Waals surface area contributed by atoms with Gasteiger partial charge in [-0.1, -0.05) is 0 Å². The number of pyridine rings is 1. The monoisotopic (exact) mass is 631 g/mol. The van der Waals surface area contributed by atoms with Crippen LogP contribution in [0, 0.1) is 22.9 Å². The molecule has 0 saturated carbocycles. The molecule has 244 valence electrons. The molecule has 2 saturated heterocycles. The number of hydrogen-bond acceptors (Lipinski definition) is 8. The Balaban J connectivity index is 1.26. The first-order valence-electron chi connectivity index (χ1n) is 15.3. The highest BCUT2D eigenvalue weighted by Gasteiger charge is 2.37. The average Bonchev–Trinajstić information content (AvgIpc) is 3.03. The van der Waals surface area contributed by atoms with E-state index in [1.807, 2.05) is 24.4 Å². The van der Waals surface area contributed by atoms with Gasteiger partial charge in [-0.25, -0.2) is 13.2 Å². The summed E-state index contributed by atoms with van der Waals surface area (Å²) in [6.45, 7) is 5.30. The maximum atomic E-state index is 13.5. The van der Waals surface area contributed by atoms with Gasteiger partial charge in [0.2, 0.25) is 0 Å². The topological polar surface area (TPSA) is 105 Å². The number of fused-ring (bicyclic) bond motifs is 1. The van der Waals surface area contributed by atoms with Crippen LogP contribution in [0.25, 0.3) is 10.9 Å². The molecule has 0 bridgehead atoms. The number of aliphatic carboxylic acids is 1. The predicted octanol–water partition coefficient (Wildman–Crippen LogP) is 4.94. The summed E-state index contributed by atoms with van der Waals surface area (Å²) in [5.74, 6) is -4.47. The SMILES string of the molecule is COc1ccc2ncc(CN3CCOCC3)c([C@@H](O)CCC3(CC(=O)O)CCN(CCOc4cc(F)c(F)c(F)c4)CC3)c2c1. The van der Waals surface area contributed by atoms with Gasteiger partial charge in [-0.05, 0) is 73.5 Å². The van der Waals surface area contributed by atoms with E-state index in [2.05, 4.69) is 14.8 Å². The van der Waals surface area contributed by atoms with E-state index in [0.717, 1.165) is 47.3 Å². The van der Waals surface area contributed by atoms with Crippen molar-refractivity contribution in [3.05, 3.63) is 65.1 Å². The maximum absolute atomic E-state index is 13.5. The van der Waals surface area contributed by atoms with Crippen molar-refractivity contribution in [3.8, 4) is 11.5 Å². The molecule has 0 spiro atoms. The number of carboxylic acids is 1. The Morgan fingerprint density at radius 2 is 1.76 bits per heavy atom. The van der Waals surface area contributed by atoms with E-state index in [1.165, 1.54) is 0 Å². The van der Waals surface area contributed by atoms with E-state index in [1.54, 1.807) is 7.11 Å². The number of halogens is 3. The molecular weight excluding hydrogens is 591 g/mol. The van der Waals surface area contributed by atoms with Gasteiger partial charge in [0.1, 0.15) is 18.1 Å². The number of aliphatic hydroxyl groups is 1. The summed E-state index contributed by atoms with van der Waals surface area (Å²) in [7, 11) is 1.60. The van der Waals surface area contributed by atoms with Gasteiger partial charge in [0.25, 0.3) is 0 Å². The average molecular weight is 632 g/mol. The number of hydrogen-bond donors (Lipinski definition) is 2. The number of likely N-dealkylation sites (tertiary alicyclic amines) is 1. The van der Waals surface area contributed by atoms with Crippen LogP contribution in [0.1, 0.15) is 49.3 Å². The zero-order valence-corrected chi connectivity index (χ0v) is 25.4. The molecule has 2 aromatic carbocycles. The Morgan fingerprint density at radius 3 is 2.42 bits per heavy atom. The first-order chi connectivity index (χ1) is 21.7. The number of carbonyl (C=O) groups is 1. The van der Waals surface area contributed by atoms with Crippen LogP contribution in [-0.4, -0.2) is 90.6 Å². The largest absolute Gasteiger partial charge is 0.497 e. The zero-order chi connectivity index (χ0) is 32.0. The molecule has 0 unspecified atom stereocenters. The fourth-order valence-electron chi connectivity index (χ4n) is 6.46. The lowest BCUT2D eigenvalue weighted by molar-refractivity contribution is -0.141. The Bertz CT molecular complexity index is 1450. The van der Waals surface area contributed by atoms with Crippen LogP contribution in [0.15, 0.2) is 36.5 Å². The number of aromatic nitrogens is 1. The number of benzene rings is 2. The third-order valence-corrected chi connectivity index (χ3v) is 9.05. The third kappa shape index (κ3) is 8.23. The molecule has 1 aromatic heterocycles. The van der Waals surface area contributed by atoms with Crippen molar-refractivity contribution < 1.29 is 42.4 Å². The smallest absolute Gasteiger partial charge is 0.303 e. The molecule has 12 heteroatoms. The Morgan fingerprint density at radius 1 is 1.04 bits per heavy atom. The van der Waals surface area contributed by atoms with E-state index in [0.29, 0.717) is 70.8 Å². The highest BCUT2D eigenvalue weighted by atomic mass is 19.2. The summed E-state index contributed by atoms with van der Waals surface area (Å²) in [5, 5.41) is 22.4. The fourth-order valence-corrected chi connectivity index (χ4v) is 6.46. The van der Waals surface area contributed by atoms with Crippen LogP contribution in [0.3, 0.4) is 0 Å². The lowest BCUT2D eigenvalue weighted by atomic mass is 9.71. The zero-order valence-electron chi connectivity index (χ0n) is 25.4. The highest BCUT2D eigenvalue weighted by Crippen LogP contribution is 2.42. The minimum Gasteiger partial charge on any atom is -0.497 e. The molecule has 1 atom stereocenters. The van der Waals surface area contributed by atoms with Crippen LogP contribution in [-0.2, 0) is 16.1 Å². The van der Waals surface area contributed by atoms with Crippen LogP contribution in [0.5, 0.6) is 11.5 Å². The molecule has 3 heterocycles. The van der Waals surface area contributed by atoms with Gasteiger partial charge in [0, 0.05) is 49.9 Å². The second-order valence-corrected chi connectivity index (χ2v) is 12.0. The number of piperidine rings is 1. The minimum atomic E-state index is -1.54. The predicted molar refractivity (Wildman–Crippen MR) is 161 cm³/mol. The van der Waals surface area contributed by atoms with Crippen molar-refractivity contribution in [3.63, 3.8) is 0 Å². The Labute approximate surface area is 260 Å². The van der Waals surface area contributed by atoms with Gasteiger partial charge in [0.05, 0.1) is 38.4 Å². The van der Waals surface area contributed by atoms with Gasteiger partial charge in [0.15, 0.2) is 17.5 Å². The molecule has 2 fully saturated rings. The molecule has 3 aromatic rings. The normalized spacial score (nSPS) is 18.2. The second-order valence-electron chi connectivity index (χ2n) is 12.0. The van der Waals surface area contributed by atoms with Gasteiger partial charge in [-0.2, -0.15) is 0 Å². The number of rotatable bonds is 13. The van der Waals surface area contributed by atoms with Crippen molar-refractivity contribution >= 4 is 16.9 Å². The second kappa shape index (κ2) is 14.8. The fraction of sp³-hybridized carbons (Fsp3) is 0.515. The molecule has 0 radical (unpaired) electrons. The third-order valence-electron chi connectivity index (χ3n) is 9.05. The van der Waals surface area contributed by atoms with Gasteiger partial charge in [-0.3, -0.25) is 19.6 Å². The van der Waals surface area contributed by atoms with Gasteiger partial charge in [-0.15, -0.1) is 0 Å². The molecule has 2 N–H and O–H groups in total. The number of carboxylic acid groups (broad SMARTS) is 1. The van der Waals surface area contributed by atoms with Crippen molar-refractivity contribution in [2.24, 2.45) is 5.41 Å². The number of ether oxygens (including phenoxy) is 3. The Kier molecular flexibility index (Phi) is 10.8. The highest BCUT2D eigenvalue weighted by molar-refractivity contribution is 5.85. The molecule has 0 aliphatic carbocycles. The van der Waals surface area contributed by atoms with E-state index in [4.69, 9.17) is 14.2 Å². The number of methoxy groups -OCH3 is 1. The number of nitrogens with zero attached hydrogens (tertiary/aromatic N) is 3. The summed E-state index contributed by atoms with van der Waals surface area (Å²) in [6, 6.07) is 7.23. The van der Waals surface area contributed by atoms with Crippen molar-refractivity contribution in [1.29, 1.82) is 0 Å². The van der Waals surface area contributed by atoms with Crippen LogP contribution >= 0.6 is 0 Å². The first-order valence-corrected chi connectivity index (χ1v) is 15.3. The van der Waals surface area contributed by atoms with Crippen molar-refractivity contribution in [2.45, 2.75) is 44.8 Å². The van der Waals surface area contributed by atoms with E-state index in [-0.39, 0.29) is 18.8 Å². The number of aliphatic hydroxyl groups excluding tert-OH is 1. The first kappa shape index (κ1) is 32.9.